The molecule has 0 fully saturated rings. The van der Waals surface area contributed by atoms with Crippen LogP contribution in [0.2, 0.25) is 0 Å². The zero-order valence-electron chi connectivity index (χ0n) is 17.3. The zero-order chi connectivity index (χ0) is 20.4. The van der Waals surface area contributed by atoms with Crippen LogP contribution < -0.4 is 51.4 Å². The molecule has 0 saturated carbocycles. The minimum Gasteiger partial charge on any atom is -0.412 e. The van der Waals surface area contributed by atoms with Gasteiger partial charge < -0.3 is 11.0 Å². The Balaban J connectivity index is 0.00000171. The summed E-state index contributed by atoms with van der Waals surface area (Å²) in [5.41, 5.74) is 2.99. The average Bonchev–Trinajstić information content (AvgIpc) is 2.73. The molecule has 0 unspecified atom stereocenters. The Morgan fingerprint density at radius 1 is 0.344 bits per heavy atom. The number of halogens is 4. The van der Waals surface area contributed by atoms with Crippen LogP contribution in [-0.2, 0) is 0 Å². The second-order valence-electron chi connectivity index (χ2n) is 7.07. The SMILES string of the molecule is Fc1ccc([B-](c2ccc(F)cc2)(c2ccc(F)cc2)c2ccc(F)cc2)cc1.O.O.[Na+]. The van der Waals surface area contributed by atoms with Crippen molar-refractivity contribution >= 4 is 28.0 Å². The van der Waals surface area contributed by atoms with Crippen LogP contribution >= 0.6 is 0 Å². The van der Waals surface area contributed by atoms with Gasteiger partial charge in [-0.25, -0.2) is 17.6 Å². The quantitative estimate of drug-likeness (QED) is 0.282. The van der Waals surface area contributed by atoms with Crippen molar-refractivity contribution in [3.8, 4) is 0 Å². The monoisotopic (exact) mass is 450 g/mol. The Bertz CT molecular complexity index is 933. The molecular weight excluding hydrogens is 430 g/mol. The van der Waals surface area contributed by atoms with Crippen LogP contribution in [0, 0.1) is 23.3 Å². The van der Waals surface area contributed by atoms with E-state index in [1.807, 2.05) is 0 Å². The normalized spacial score (nSPS) is 10.4. The van der Waals surface area contributed by atoms with E-state index in [-0.39, 0.29) is 40.5 Å². The molecule has 8 heteroatoms. The van der Waals surface area contributed by atoms with Crippen molar-refractivity contribution in [2.45, 2.75) is 0 Å². The Morgan fingerprint density at radius 2 is 0.500 bits per heavy atom. The molecule has 2 nitrogen and oxygen atoms in total. The van der Waals surface area contributed by atoms with Crippen molar-refractivity contribution in [3.63, 3.8) is 0 Å². The van der Waals surface area contributed by atoms with E-state index in [0.717, 1.165) is 21.9 Å². The summed E-state index contributed by atoms with van der Waals surface area (Å²) in [7, 11) is 0. The molecule has 0 saturated heterocycles. The predicted molar refractivity (Wildman–Crippen MR) is 117 cm³/mol. The van der Waals surface area contributed by atoms with Gasteiger partial charge in [-0.15, -0.1) is 0 Å². The van der Waals surface area contributed by atoms with Gasteiger partial charge in [0.05, 0.1) is 0 Å². The van der Waals surface area contributed by atoms with E-state index in [2.05, 4.69) is 0 Å². The summed E-state index contributed by atoms with van der Waals surface area (Å²) in [5, 5.41) is 0. The zero-order valence-corrected chi connectivity index (χ0v) is 19.3. The molecule has 0 heterocycles. The van der Waals surface area contributed by atoms with Crippen molar-refractivity contribution < 1.29 is 58.1 Å². The van der Waals surface area contributed by atoms with Crippen molar-refractivity contribution in [2.24, 2.45) is 0 Å². The summed E-state index contributed by atoms with van der Waals surface area (Å²) >= 11 is 0. The molecule has 4 aromatic carbocycles. The molecule has 0 amide bonds. The van der Waals surface area contributed by atoms with Gasteiger partial charge in [-0.2, -0.15) is 21.9 Å². The van der Waals surface area contributed by atoms with Gasteiger partial charge in [0.2, 0.25) is 0 Å². The van der Waals surface area contributed by atoms with Crippen molar-refractivity contribution in [1.82, 2.24) is 0 Å². The minimum absolute atomic E-state index is 0. The Kier molecular flexibility index (Phi) is 9.88. The van der Waals surface area contributed by atoms with Crippen LogP contribution in [-0.4, -0.2) is 17.1 Å². The number of benzene rings is 4. The fourth-order valence-corrected chi connectivity index (χ4v) is 4.16. The molecule has 0 atom stereocenters. The molecule has 0 radical (unpaired) electrons. The van der Waals surface area contributed by atoms with Crippen LogP contribution in [0.15, 0.2) is 97.1 Å². The fourth-order valence-electron chi connectivity index (χ4n) is 4.16. The summed E-state index contributed by atoms with van der Waals surface area (Å²) in [6.45, 7) is 0. The van der Waals surface area contributed by atoms with E-state index in [1.54, 1.807) is 48.5 Å². The van der Waals surface area contributed by atoms with Crippen LogP contribution in [0.4, 0.5) is 17.6 Å². The third kappa shape index (κ3) is 5.14. The fraction of sp³-hybridized carbons (Fsp3) is 0. The predicted octanol–water partition coefficient (Wildman–Crippen LogP) is -1.03. The third-order valence-corrected chi connectivity index (χ3v) is 5.48. The molecule has 0 spiro atoms. The summed E-state index contributed by atoms with van der Waals surface area (Å²) in [6.07, 6.45) is -1.94. The maximum atomic E-state index is 13.7. The van der Waals surface area contributed by atoms with E-state index >= 15 is 0 Å². The molecule has 4 rings (SSSR count). The van der Waals surface area contributed by atoms with E-state index in [1.165, 1.54) is 48.5 Å². The van der Waals surface area contributed by atoms with Gasteiger partial charge in [0.15, 0.2) is 0 Å². The van der Waals surface area contributed by atoms with E-state index in [4.69, 9.17) is 0 Å². The third-order valence-electron chi connectivity index (χ3n) is 5.48. The van der Waals surface area contributed by atoms with E-state index < -0.39 is 29.4 Å². The van der Waals surface area contributed by atoms with Gasteiger partial charge in [0, 0.05) is 0 Å². The van der Waals surface area contributed by atoms with Crippen LogP contribution in [0.1, 0.15) is 0 Å². The second-order valence-corrected chi connectivity index (χ2v) is 7.07. The molecular formula is C24H20BF4NaO2. The smallest absolute Gasteiger partial charge is 0.412 e. The molecule has 4 aromatic rings. The molecule has 160 valence electrons. The first-order valence-corrected chi connectivity index (χ1v) is 9.20. The van der Waals surface area contributed by atoms with Crippen molar-refractivity contribution in [3.05, 3.63) is 120 Å². The van der Waals surface area contributed by atoms with Crippen molar-refractivity contribution in [2.75, 3.05) is 0 Å². The van der Waals surface area contributed by atoms with Crippen LogP contribution in [0.25, 0.3) is 0 Å². The van der Waals surface area contributed by atoms with Gasteiger partial charge in [-0.1, -0.05) is 48.5 Å². The average molecular weight is 450 g/mol. The Hall–Kier alpha value is -2.42. The molecule has 0 aliphatic rings. The summed E-state index contributed by atoms with van der Waals surface area (Å²) < 4.78 is 54.8. The summed E-state index contributed by atoms with van der Waals surface area (Å²) in [4.78, 5) is 0. The molecule has 0 aliphatic carbocycles. The first-order chi connectivity index (χ1) is 14.0. The van der Waals surface area contributed by atoms with E-state index in [9.17, 15) is 17.6 Å². The first-order valence-electron chi connectivity index (χ1n) is 9.20. The maximum Gasteiger partial charge on any atom is 1.00 e. The summed E-state index contributed by atoms with van der Waals surface area (Å²) in [6, 6.07) is 24.1. The summed E-state index contributed by atoms with van der Waals surface area (Å²) in [5.74, 6) is -1.57. The van der Waals surface area contributed by atoms with Gasteiger partial charge in [-0.3, -0.25) is 0 Å². The number of hydrogen-bond donors (Lipinski definition) is 0. The Morgan fingerprint density at radius 3 is 0.656 bits per heavy atom. The standard InChI is InChI=1S/C24H16BF4.Na.2H2O/c26-21-9-1-17(2-10-21)25(18-3-11-22(27)12-4-18,19-5-13-23(28)14-6-19)20-7-15-24(29)16-8-20;;;/h1-16H;;2*1H2/q-1;+1;;. The second kappa shape index (κ2) is 11.5. The number of rotatable bonds is 4. The molecule has 0 aromatic heterocycles. The minimum atomic E-state index is -1.94. The van der Waals surface area contributed by atoms with Gasteiger partial charge in [0.25, 0.3) is 0 Å². The van der Waals surface area contributed by atoms with E-state index in [0.29, 0.717) is 0 Å². The van der Waals surface area contributed by atoms with Gasteiger partial charge in [-0.05, 0) is 48.5 Å². The Labute approximate surface area is 205 Å². The van der Waals surface area contributed by atoms with Crippen molar-refractivity contribution in [1.29, 1.82) is 0 Å². The molecule has 32 heavy (non-hydrogen) atoms. The number of hydrogen-bond acceptors (Lipinski definition) is 0. The largest absolute Gasteiger partial charge is 1.00 e. The molecule has 4 N–H and O–H groups in total. The first kappa shape index (κ1) is 27.6. The molecule has 0 bridgehead atoms. The van der Waals surface area contributed by atoms with Gasteiger partial charge in [0.1, 0.15) is 29.4 Å². The maximum absolute atomic E-state index is 13.7. The van der Waals surface area contributed by atoms with Crippen LogP contribution in [0.5, 0.6) is 0 Å². The van der Waals surface area contributed by atoms with Gasteiger partial charge >= 0.3 is 29.6 Å². The molecule has 0 aliphatic heterocycles. The van der Waals surface area contributed by atoms with Crippen LogP contribution in [0.3, 0.4) is 0 Å². The topological polar surface area (TPSA) is 63.0 Å².